The zero-order valence-electron chi connectivity index (χ0n) is 16.1. The maximum absolute atomic E-state index is 10.7. The van der Waals surface area contributed by atoms with Crippen molar-refractivity contribution in [1.29, 1.82) is 0 Å². The summed E-state index contributed by atoms with van der Waals surface area (Å²) in [6.07, 6.45) is 1.63. The summed E-state index contributed by atoms with van der Waals surface area (Å²) in [6, 6.07) is 16.8. The van der Waals surface area contributed by atoms with Crippen molar-refractivity contribution in [3.05, 3.63) is 70.8 Å². The van der Waals surface area contributed by atoms with Gasteiger partial charge in [0.05, 0.1) is 0 Å². The Balaban J connectivity index is 2.21. The first kappa shape index (κ1) is 18.7. The number of rotatable bonds is 6. The molecule has 0 aromatic heterocycles. The third-order valence-corrected chi connectivity index (χ3v) is 5.78. The molecule has 0 spiro atoms. The Hall–Kier alpha value is -1.60. The van der Waals surface area contributed by atoms with Crippen molar-refractivity contribution in [2.24, 2.45) is 0 Å². The zero-order chi connectivity index (χ0) is 18.0. The molecule has 1 heteroatoms. The van der Waals surface area contributed by atoms with Crippen LogP contribution in [0, 0.1) is 0 Å². The van der Waals surface area contributed by atoms with Crippen molar-refractivity contribution >= 4 is 0 Å². The molecular formula is C23H32O. The average molecular weight is 325 g/mol. The lowest BCUT2D eigenvalue weighted by Crippen LogP contribution is -2.16. The molecule has 2 aromatic carbocycles. The maximum atomic E-state index is 10.7. The fourth-order valence-corrected chi connectivity index (χ4v) is 2.83. The molecule has 0 aliphatic carbocycles. The van der Waals surface area contributed by atoms with Crippen LogP contribution in [-0.2, 0) is 10.8 Å². The second-order valence-corrected chi connectivity index (χ2v) is 8.12. The number of benzene rings is 2. The molecule has 0 atom stereocenters. The second kappa shape index (κ2) is 7.11. The highest BCUT2D eigenvalue weighted by Crippen LogP contribution is 2.31. The number of hydrogen-bond acceptors (Lipinski definition) is 1. The van der Waals surface area contributed by atoms with E-state index in [0.717, 1.165) is 24.0 Å². The van der Waals surface area contributed by atoms with Gasteiger partial charge in [-0.15, -0.1) is 0 Å². The molecule has 1 N–H and O–H groups in total. The molecule has 0 fully saturated rings. The van der Waals surface area contributed by atoms with Crippen LogP contribution >= 0.6 is 0 Å². The fraction of sp³-hybridized carbons (Fsp3) is 0.478. The quantitative estimate of drug-likeness (QED) is 0.676. The molecule has 130 valence electrons. The predicted molar refractivity (Wildman–Crippen MR) is 104 cm³/mol. The van der Waals surface area contributed by atoms with Crippen molar-refractivity contribution in [3.63, 3.8) is 0 Å². The number of hydrogen-bond donors (Lipinski definition) is 1. The smallest absolute Gasteiger partial charge is 0.104 e. The minimum absolute atomic E-state index is 0.177. The van der Waals surface area contributed by atoms with Gasteiger partial charge in [-0.2, -0.15) is 0 Å². The molecular weight excluding hydrogens is 292 g/mol. The van der Waals surface area contributed by atoms with Gasteiger partial charge >= 0.3 is 0 Å². The summed E-state index contributed by atoms with van der Waals surface area (Å²) in [7, 11) is 0. The third kappa shape index (κ3) is 3.89. The number of aliphatic hydroxyl groups excluding tert-OH is 1. The van der Waals surface area contributed by atoms with E-state index in [-0.39, 0.29) is 10.8 Å². The molecule has 24 heavy (non-hydrogen) atoms. The Kier molecular flexibility index (Phi) is 5.55. The third-order valence-electron chi connectivity index (χ3n) is 5.78. The summed E-state index contributed by atoms with van der Waals surface area (Å²) in [5.41, 5.74) is 4.90. The Morgan fingerprint density at radius 1 is 0.667 bits per heavy atom. The van der Waals surface area contributed by atoms with Gasteiger partial charge in [-0.05, 0) is 45.9 Å². The van der Waals surface area contributed by atoms with Crippen LogP contribution < -0.4 is 0 Å². The Labute approximate surface area is 147 Å². The van der Waals surface area contributed by atoms with Crippen LogP contribution in [0.5, 0.6) is 0 Å². The van der Waals surface area contributed by atoms with Crippen LogP contribution in [0.3, 0.4) is 0 Å². The van der Waals surface area contributed by atoms with Gasteiger partial charge in [0.1, 0.15) is 6.10 Å². The Morgan fingerprint density at radius 2 is 0.958 bits per heavy atom. The van der Waals surface area contributed by atoms with Crippen molar-refractivity contribution in [1.82, 2.24) is 0 Å². The second-order valence-electron chi connectivity index (χ2n) is 8.12. The van der Waals surface area contributed by atoms with Crippen molar-refractivity contribution < 1.29 is 5.11 Å². The average Bonchev–Trinajstić information content (AvgIpc) is 2.61. The van der Waals surface area contributed by atoms with E-state index in [1.165, 1.54) is 11.1 Å². The highest BCUT2D eigenvalue weighted by molar-refractivity contribution is 5.36. The standard InChI is InChI=1S/C23H32O/c1-7-22(3,4)19-13-9-17(10-14-19)21(24)18-11-15-20(16-12-18)23(5,6)8-2/h9-16,21,24H,7-8H2,1-6H3. The normalized spacial score (nSPS) is 12.7. The fourth-order valence-electron chi connectivity index (χ4n) is 2.83. The van der Waals surface area contributed by atoms with Gasteiger partial charge in [-0.1, -0.05) is 90.1 Å². The first-order valence-electron chi connectivity index (χ1n) is 9.10. The monoisotopic (exact) mass is 324 g/mol. The van der Waals surface area contributed by atoms with Crippen LogP contribution in [-0.4, -0.2) is 5.11 Å². The van der Waals surface area contributed by atoms with Crippen molar-refractivity contribution in [2.45, 2.75) is 71.3 Å². The summed E-state index contributed by atoms with van der Waals surface area (Å²) in [6.45, 7) is 13.4. The van der Waals surface area contributed by atoms with E-state index in [1.54, 1.807) is 0 Å². The van der Waals surface area contributed by atoms with Crippen LogP contribution in [0.2, 0.25) is 0 Å². The van der Waals surface area contributed by atoms with E-state index in [1.807, 2.05) is 0 Å². The molecule has 0 saturated heterocycles. The van der Waals surface area contributed by atoms with Crippen molar-refractivity contribution in [3.8, 4) is 0 Å². The van der Waals surface area contributed by atoms with Gasteiger partial charge in [-0.3, -0.25) is 0 Å². The molecule has 0 amide bonds. The van der Waals surface area contributed by atoms with Crippen molar-refractivity contribution in [2.75, 3.05) is 0 Å². The first-order chi connectivity index (χ1) is 11.2. The summed E-state index contributed by atoms with van der Waals surface area (Å²) in [5.74, 6) is 0. The van der Waals surface area contributed by atoms with Gasteiger partial charge in [0.2, 0.25) is 0 Å². The van der Waals surface area contributed by atoms with E-state index >= 15 is 0 Å². The first-order valence-corrected chi connectivity index (χ1v) is 9.10. The summed E-state index contributed by atoms with van der Waals surface area (Å²) in [4.78, 5) is 0. The predicted octanol–water partition coefficient (Wildman–Crippen LogP) is 6.14. The molecule has 2 aromatic rings. The highest BCUT2D eigenvalue weighted by atomic mass is 16.3. The van der Waals surface area contributed by atoms with Gasteiger partial charge < -0.3 is 5.11 Å². The van der Waals surface area contributed by atoms with E-state index < -0.39 is 6.10 Å². The van der Waals surface area contributed by atoms with E-state index in [4.69, 9.17) is 0 Å². The largest absolute Gasteiger partial charge is 0.384 e. The molecule has 0 bridgehead atoms. The molecule has 0 unspecified atom stereocenters. The van der Waals surface area contributed by atoms with Gasteiger partial charge in [0, 0.05) is 0 Å². The lowest BCUT2D eigenvalue weighted by Gasteiger charge is -2.25. The lowest BCUT2D eigenvalue weighted by atomic mass is 9.81. The van der Waals surface area contributed by atoms with E-state index in [2.05, 4.69) is 90.1 Å². The molecule has 0 saturated carbocycles. The molecule has 0 radical (unpaired) electrons. The minimum Gasteiger partial charge on any atom is -0.384 e. The molecule has 0 aliphatic heterocycles. The minimum atomic E-state index is -0.567. The maximum Gasteiger partial charge on any atom is 0.104 e. The van der Waals surface area contributed by atoms with E-state index in [0.29, 0.717) is 0 Å². The SMILES string of the molecule is CCC(C)(C)c1ccc(C(O)c2ccc(C(C)(C)CC)cc2)cc1. The molecule has 2 rings (SSSR count). The van der Waals surface area contributed by atoms with Gasteiger partial charge in [0.25, 0.3) is 0 Å². The summed E-state index contributed by atoms with van der Waals surface area (Å²) >= 11 is 0. The molecule has 1 nitrogen and oxygen atoms in total. The van der Waals surface area contributed by atoms with Crippen LogP contribution in [0.15, 0.2) is 48.5 Å². The Bertz CT molecular complexity index is 588. The van der Waals surface area contributed by atoms with Crippen LogP contribution in [0.4, 0.5) is 0 Å². The Morgan fingerprint density at radius 3 is 1.21 bits per heavy atom. The number of aliphatic hydroxyl groups is 1. The van der Waals surface area contributed by atoms with Gasteiger partial charge in [-0.25, -0.2) is 0 Å². The summed E-state index contributed by atoms with van der Waals surface area (Å²) < 4.78 is 0. The van der Waals surface area contributed by atoms with Crippen LogP contribution in [0.25, 0.3) is 0 Å². The topological polar surface area (TPSA) is 20.2 Å². The lowest BCUT2D eigenvalue weighted by molar-refractivity contribution is 0.220. The summed E-state index contributed by atoms with van der Waals surface area (Å²) in [5, 5.41) is 10.7. The molecule has 0 aliphatic rings. The van der Waals surface area contributed by atoms with E-state index in [9.17, 15) is 5.11 Å². The van der Waals surface area contributed by atoms with Crippen LogP contribution in [0.1, 0.15) is 82.7 Å². The molecule has 0 heterocycles. The van der Waals surface area contributed by atoms with Gasteiger partial charge in [0.15, 0.2) is 0 Å². The highest BCUT2D eigenvalue weighted by Gasteiger charge is 2.20. The zero-order valence-corrected chi connectivity index (χ0v) is 16.1.